The topological polar surface area (TPSA) is 75.3 Å². The zero-order valence-electron chi connectivity index (χ0n) is 12.5. The van der Waals surface area contributed by atoms with E-state index in [1.165, 1.54) is 7.05 Å². The van der Waals surface area contributed by atoms with Crippen LogP contribution in [-0.4, -0.2) is 21.4 Å². The van der Waals surface area contributed by atoms with E-state index < -0.39 is 10.0 Å². The van der Waals surface area contributed by atoms with Crippen LogP contribution in [0.3, 0.4) is 0 Å². The number of aryl methyl sites for hydroxylation is 1. The first-order valence-electron chi connectivity index (χ1n) is 6.95. The number of carbonyl (C=O) groups is 1. The summed E-state index contributed by atoms with van der Waals surface area (Å²) in [6, 6.07) is 11.0. The summed E-state index contributed by atoms with van der Waals surface area (Å²) >= 11 is 4.61. The van der Waals surface area contributed by atoms with E-state index in [0.717, 1.165) is 26.3 Å². The van der Waals surface area contributed by atoms with Gasteiger partial charge in [-0.15, -0.1) is 11.3 Å². The second kappa shape index (κ2) is 8.05. The van der Waals surface area contributed by atoms with Crippen LogP contribution in [0.1, 0.15) is 16.9 Å². The van der Waals surface area contributed by atoms with Crippen molar-refractivity contribution in [2.24, 2.45) is 0 Å². The summed E-state index contributed by atoms with van der Waals surface area (Å²) in [5.41, 5.74) is 1.08. The molecule has 0 aliphatic heterocycles. The number of rotatable bonds is 7. The number of hydrogen-bond acceptors (Lipinski definition) is 4. The van der Waals surface area contributed by atoms with Crippen molar-refractivity contribution in [1.82, 2.24) is 10.0 Å². The first kappa shape index (κ1) is 18.1. The molecule has 1 aromatic carbocycles. The van der Waals surface area contributed by atoms with Crippen LogP contribution >= 0.6 is 27.3 Å². The number of nitrogens with one attached hydrogen (secondary N) is 2. The summed E-state index contributed by atoms with van der Waals surface area (Å²) in [4.78, 5) is 12.7. The molecule has 0 saturated heterocycles. The summed E-state index contributed by atoms with van der Waals surface area (Å²) in [5.74, 6) is -0.0628. The normalized spacial score (nSPS) is 11.4. The zero-order valence-corrected chi connectivity index (χ0v) is 15.7. The molecule has 2 aromatic rings. The van der Waals surface area contributed by atoms with Crippen molar-refractivity contribution in [3.63, 3.8) is 0 Å². The Balaban J connectivity index is 1.84. The van der Waals surface area contributed by atoms with Crippen molar-refractivity contribution in [3.8, 4) is 0 Å². The lowest BCUT2D eigenvalue weighted by Gasteiger charge is -2.05. The molecule has 0 unspecified atom stereocenters. The van der Waals surface area contributed by atoms with E-state index in [0.29, 0.717) is 19.4 Å². The van der Waals surface area contributed by atoms with Gasteiger partial charge >= 0.3 is 0 Å². The van der Waals surface area contributed by atoms with E-state index in [2.05, 4.69) is 26.0 Å². The first-order chi connectivity index (χ1) is 10.9. The molecular weight excluding hydrogens is 400 g/mol. The highest BCUT2D eigenvalue weighted by Crippen LogP contribution is 2.21. The molecule has 0 radical (unpaired) electrons. The summed E-state index contributed by atoms with van der Waals surface area (Å²) in [5, 5.41) is 2.81. The molecule has 2 rings (SSSR count). The zero-order chi connectivity index (χ0) is 16.9. The van der Waals surface area contributed by atoms with Gasteiger partial charge in [0.05, 0.1) is 6.54 Å². The van der Waals surface area contributed by atoms with Crippen LogP contribution in [0.4, 0.5) is 0 Å². The molecule has 1 amide bonds. The van der Waals surface area contributed by atoms with E-state index in [-0.39, 0.29) is 10.1 Å². The summed E-state index contributed by atoms with van der Waals surface area (Å²) < 4.78 is 26.8. The smallest absolute Gasteiger partial charge is 0.249 e. The molecular formula is C15H17BrN2O3S2. The summed E-state index contributed by atoms with van der Waals surface area (Å²) in [6.07, 6.45) is 1.03. The van der Waals surface area contributed by atoms with Gasteiger partial charge < -0.3 is 5.32 Å². The largest absolute Gasteiger partial charge is 0.351 e. The number of benzene rings is 1. The van der Waals surface area contributed by atoms with Crippen molar-refractivity contribution >= 4 is 43.2 Å². The van der Waals surface area contributed by atoms with Crippen molar-refractivity contribution in [2.45, 2.75) is 23.6 Å². The van der Waals surface area contributed by atoms with E-state index in [4.69, 9.17) is 0 Å². The van der Waals surface area contributed by atoms with Gasteiger partial charge in [0.15, 0.2) is 0 Å². The summed E-state index contributed by atoms with van der Waals surface area (Å²) in [6.45, 7) is 0.332. The van der Waals surface area contributed by atoms with Crippen LogP contribution in [0.15, 0.2) is 45.1 Å². The van der Waals surface area contributed by atoms with Gasteiger partial charge in [-0.25, -0.2) is 13.1 Å². The van der Waals surface area contributed by atoms with Crippen LogP contribution in [0.25, 0.3) is 0 Å². The van der Waals surface area contributed by atoms with Gasteiger partial charge in [-0.3, -0.25) is 4.79 Å². The highest BCUT2D eigenvalue weighted by Gasteiger charge is 2.14. The number of halogens is 1. The second-order valence-electron chi connectivity index (χ2n) is 4.80. The van der Waals surface area contributed by atoms with Gasteiger partial charge in [0, 0.05) is 15.8 Å². The van der Waals surface area contributed by atoms with Crippen molar-refractivity contribution in [1.29, 1.82) is 0 Å². The summed E-state index contributed by atoms with van der Waals surface area (Å²) in [7, 11) is -2.04. The quantitative estimate of drug-likeness (QED) is 0.728. The molecule has 0 spiro atoms. The SMILES string of the molecule is CNS(=O)(=O)c1ccc(CNC(=O)CCc2ccccc2Br)s1. The lowest BCUT2D eigenvalue weighted by Crippen LogP contribution is -2.22. The van der Waals surface area contributed by atoms with E-state index in [9.17, 15) is 13.2 Å². The number of hydrogen-bond donors (Lipinski definition) is 2. The maximum atomic E-state index is 11.9. The molecule has 0 bridgehead atoms. The van der Waals surface area contributed by atoms with Crippen molar-refractivity contribution in [3.05, 3.63) is 51.3 Å². The molecule has 0 atom stereocenters. The lowest BCUT2D eigenvalue weighted by molar-refractivity contribution is -0.121. The van der Waals surface area contributed by atoms with Gasteiger partial charge in [-0.05, 0) is 37.2 Å². The first-order valence-corrected chi connectivity index (χ1v) is 10.0. The maximum absolute atomic E-state index is 11.9. The Hall–Kier alpha value is -1.22. The van der Waals surface area contributed by atoms with E-state index >= 15 is 0 Å². The predicted octanol–water partition coefficient (Wildman–Crippen LogP) is 2.67. The molecule has 0 aliphatic rings. The fraction of sp³-hybridized carbons (Fsp3) is 0.267. The van der Waals surface area contributed by atoms with Crippen LogP contribution in [-0.2, 0) is 27.8 Å². The Morgan fingerprint density at radius 2 is 1.96 bits per heavy atom. The number of thiophene rings is 1. The Kier molecular flexibility index (Phi) is 6.34. The van der Waals surface area contributed by atoms with Gasteiger partial charge in [0.1, 0.15) is 4.21 Å². The van der Waals surface area contributed by atoms with E-state index in [1.54, 1.807) is 12.1 Å². The lowest BCUT2D eigenvalue weighted by atomic mass is 10.1. The minimum atomic E-state index is -3.42. The van der Waals surface area contributed by atoms with Crippen LogP contribution in [0.2, 0.25) is 0 Å². The molecule has 0 saturated carbocycles. The molecule has 1 heterocycles. The molecule has 2 N–H and O–H groups in total. The van der Waals surface area contributed by atoms with E-state index in [1.807, 2.05) is 24.3 Å². The Labute approximate surface area is 148 Å². The van der Waals surface area contributed by atoms with Crippen LogP contribution in [0, 0.1) is 0 Å². The molecule has 23 heavy (non-hydrogen) atoms. The Morgan fingerprint density at radius 3 is 2.65 bits per heavy atom. The minimum Gasteiger partial charge on any atom is -0.351 e. The minimum absolute atomic E-state index is 0.0628. The average molecular weight is 417 g/mol. The van der Waals surface area contributed by atoms with Crippen molar-refractivity contribution in [2.75, 3.05) is 7.05 Å². The molecule has 0 aliphatic carbocycles. The van der Waals surface area contributed by atoms with Gasteiger partial charge in [0.2, 0.25) is 15.9 Å². The third kappa shape index (κ3) is 5.13. The molecule has 124 valence electrons. The Morgan fingerprint density at radius 1 is 1.22 bits per heavy atom. The third-order valence-corrected chi connectivity index (χ3v) is 6.97. The number of amides is 1. The predicted molar refractivity (Wildman–Crippen MR) is 94.9 cm³/mol. The molecule has 0 fully saturated rings. The molecule has 1 aromatic heterocycles. The van der Waals surface area contributed by atoms with Crippen LogP contribution in [0.5, 0.6) is 0 Å². The number of carbonyl (C=O) groups excluding carboxylic acids is 1. The maximum Gasteiger partial charge on any atom is 0.249 e. The standard InChI is InChI=1S/C15H17BrN2O3S2/c1-17-23(20,21)15-9-7-12(22-15)10-18-14(19)8-6-11-4-2-3-5-13(11)16/h2-5,7,9,17H,6,8,10H2,1H3,(H,18,19). The third-order valence-electron chi connectivity index (χ3n) is 3.21. The second-order valence-corrected chi connectivity index (χ2v) is 8.93. The molecule has 5 nitrogen and oxygen atoms in total. The monoisotopic (exact) mass is 416 g/mol. The van der Waals surface area contributed by atoms with Gasteiger partial charge in [-0.1, -0.05) is 34.1 Å². The average Bonchev–Trinajstić information content (AvgIpc) is 3.02. The highest BCUT2D eigenvalue weighted by atomic mass is 79.9. The van der Waals surface area contributed by atoms with Gasteiger partial charge in [-0.2, -0.15) is 0 Å². The fourth-order valence-corrected chi connectivity index (χ4v) is 4.54. The Bertz CT molecular complexity index is 788. The highest BCUT2D eigenvalue weighted by molar-refractivity contribution is 9.10. The van der Waals surface area contributed by atoms with Crippen LogP contribution < -0.4 is 10.0 Å². The molecule has 8 heteroatoms. The van der Waals surface area contributed by atoms with Gasteiger partial charge in [0.25, 0.3) is 0 Å². The number of sulfonamides is 1. The fourth-order valence-electron chi connectivity index (χ4n) is 1.92. The van der Waals surface area contributed by atoms with Crippen molar-refractivity contribution < 1.29 is 13.2 Å².